The van der Waals surface area contributed by atoms with E-state index in [4.69, 9.17) is 14.2 Å². The fraction of sp³-hybridized carbons (Fsp3) is 0.611. The van der Waals surface area contributed by atoms with Crippen molar-refractivity contribution in [3.05, 3.63) is 18.2 Å². The van der Waals surface area contributed by atoms with Gasteiger partial charge in [-0.1, -0.05) is 39.5 Å². The highest BCUT2D eigenvalue weighted by atomic mass is 16.7. The summed E-state index contributed by atoms with van der Waals surface area (Å²) in [4.78, 5) is 14.2. The zero-order chi connectivity index (χ0) is 16.5. The average molecular weight is 321 g/mol. The summed E-state index contributed by atoms with van der Waals surface area (Å²) >= 11 is 0. The van der Waals surface area contributed by atoms with Gasteiger partial charge in [-0.3, -0.25) is 0 Å². The molecule has 5 nitrogen and oxygen atoms in total. The van der Waals surface area contributed by atoms with Crippen LogP contribution in [-0.4, -0.2) is 30.9 Å². The fourth-order valence-electron chi connectivity index (χ4n) is 2.51. The molecule has 0 aliphatic carbocycles. The zero-order valence-corrected chi connectivity index (χ0v) is 14.2. The Morgan fingerprint density at radius 1 is 1.04 bits per heavy atom. The number of rotatable bonds is 9. The van der Waals surface area contributed by atoms with Crippen LogP contribution in [0.5, 0.6) is 17.2 Å². The van der Waals surface area contributed by atoms with Gasteiger partial charge in [-0.15, -0.1) is 0 Å². The molecule has 0 saturated heterocycles. The molecule has 0 saturated carbocycles. The highest BCUT2D eigenvalue weighted by Gasteiger charge is 2.18. The number of nitrogens with zero attached hydrogens (tertiary/aromatic N) is 1. The maximum Gasteiger partial charge on any atom is 0.415 e. The lowest BCUT2D eigenvalue weighted by atomic mass is 10.2. The average Bonchev–Trinajstić information content (AvgIpc) is 3.01. The maximum absolute atomic E-state index is 12.4. The summed E-state index contributed by atoms with van der Waals surface area (Å²) in [6, 6.07) is 5.21. The van der Waals surface area contributed by atoms with Crippen molar-refractivity contribution in [1.82, 2.24) is 4.90 Å². The van der Waals surface area contributed by atoms with Crippen molar-refractivity contribution >= 4 is 6.09 Å². The van der Waals surface area contributed by atoms with Crippen molar-refractivity contribution < 1.29 is 19.0 Å². The summed E-state index contributed by atoms with van der Waals surface area (Å²) in [6.45, 7) is 6.04. The van der Waals surface area contributed by atoms with E-state index in [2.05, 4.69) is 13.8 Å². The van der Waals surface area contributed by atoms with Crippen molar-refractivity contribution in [2.45, 2.75) is 52.4 Å². The van der Waals surface area contributed by atoms with Gasteiger partial charge in [0.2, 0.25) is 6.79 Å². The van der Waals surface area contributed by atoms with Gasteiger partial charge >= 0.3 is 6.09 Å². The number of benzene rings is 1. The molecule has 0 atom stereocenters. The van der Waals surface area contributed by atoms with E-state index in [9.17, 15) is 4.79 Å². The molecule has 1 heterocycles. The summed E-state index contributed by atoms with van der Waals surface area (Å²) in [6.07, 6.45) is 6.28. The van der Waals surface area contributed by atoms with Crippen molar-refractivity contribution in [3.63, 3.8) is 0 Å². The summed E-state index contributed by atoms with van der Waals surface area (Å²) < 4.78 is 16.1. The second kappa shape index (κ2) is 9.28. The van der Waals surface area contributed by atoms with Gasteiger partial charge in [0, 0.05) is 19.2 Å². The quantitative estimate of drug-likeness (QED) is 0.624. The maximum atomic E-state index is 12.4. The standard InChI is InChI=1S/C18H27NO4/c1-3-5-7-11-19(12-8-6-4-2)18(20)23-15-9-10-16-17(13-15)22-14-21-16/h9-10,13H,3-8,11-12,14H2,1-2H3. The van der Waals surface area contributed by atoms with Crippen molar-refractivity contribution in [2.24, 2.45) is 0 Å². The van der Waals surface area contributed by atoms with Crippen LogP contribution in [0.3, 0.4) is 0 Å². The molecule has 0 spiro atoms. The Hall–Kier alpha value is -1.91. The van der Waals surface area contributed by atoms with Crippen LogP contribution in [0.2, 0.25) is 0 Å². The number of hydrogen-bond acceptors (Lipinski definition) is 4. The molecule has 1 amide bonds. The third-order valence-electron chi connectivity index (χ3n) is 3.87. The highest BCUT2D eigenvalue weighted by Crippen LogP contribution is 2.35. The van der Waals surface area contributed by atoms with Gasteiger partial charge in [0.1, 0.15) is 5.75 Å². The van der Waals surface area contributed by atoms with Crippen LogP contribution in [-0.2, 0) is 0 Å². The van der Waals surface area contributed by atoms with Crippen molar-refractivity contribution in [1.29, 1.82) is 0 Å². The van der Waals surface area contributed by atoms with Gasteiger partial charge in [-0.25, -0.2) is 4.79 Å². The van der Waals surface area contributed by atoms with E-state index in [-0.39, 0.29) is 12.9 Å². The molecule has 0 N–H and O–H groups in total. The molecule has 0 bridgehead atoms. The minimum Gasteiger partial charge on any atom is -0.454 e. The molecule has 2 rings (SSSR count). The lowest BCUT2D eigenvalue weighted by Crippen LogP contribution is -2.35. The van der Waals surface area contributed by atoms with Gasteiger partial charge in [0.05, 0.1) is 0 Å². The number of unbranched alkanes of at least 4 members (excludes halogenated alkanes) is 4. The monoisotopic (exact) mass is 321 g/mol. The lowest BCUT2D eigenvalue weighted by Gasteiger charge is -2.22. The van der Waals surface area contributed by atoms with E-state index in [1.165, 1.54) is 0 Å². The van der Waals surface area contributed by atoms with Crippen LogP contribution in [0.25, 0.3) is 0 Å². The first-order chi connectivity index (χ1) is 11.2. The number of carbonyl (C=O) groups is 1. The van der Waals surface area contributed by atoms with Crippen LogP contribution in [0.4, 0.5) is 4.79 Å². The van der Waals surface area contributed by atoms with Crippen molar-refractivity contribution in [2.75, 3.05) is 19.9 Å². The van der Waals surface area contributed by atoms with Crippen LogP contribution < -0.4 is 14.2 Å². The third kappa shape index (κ3) is 5.34. The molecule has 1 aliphatic heterocycles. The molecule has 5 heteroatoms. The molecule has 0 fully saturated rings. The molecular weight excluding hydrogens is 294 g/mol. The Kier molecular flexibility index (Phi) is 7.04. The summed E-state index contributed by atoms with van der Waals surface area (Å²) in [5.41, 5.74) is 0. The third-order valence-corrected chi connectivity index (χ3v) is 3.87. The summed E-state index contributed by atoms with van der Waals surface area (Å²) in [5, 5.41) is 0. The Morgan fingerprint density at radius 2 is 1.70 bits per heavy atom. The molecule has 128 valence electrons. The van der Waals surface area contributed by atoms with Gasteiger partial charge in [-0.05, 0) is 25.0 Å². The van der Waals surface area contributed by atoms with E-state index in [1.54, 1.807) is 18.2 Å². The minimum absolute atomic E-state index is 0.215. The Morgan fingerprint density at radius 3 is 2.35 bits per heavy atom. The predicted octanol–water partition coefficient (Wildman–Crippen LogP) is 4.60. The van der Waals surface area contributed by atoms with E-state index in [1.807, 2.05) is 4.90 Å². The lowest BCUT2D eigenvalue weighted by molar-refractivity contribution is 0.150. The predicted molar refractivity (Wildman–Crippen MR) is 89.2 cm³/mol. The van der Waals surface area contributed by atoms with E-state index in [0.29, 0.717) is 17.2 Å². The first-order valence-corrected chi connectivity index (χ1v) is 8.61. The molecule has 0 radical (unpaired) electrons. The molecule has 1 aromatic rings. The summed E-state index contributed by atoms with van der Waals surface area (Å²) in [7, 11) is 0. The van der Waals surface area contributed by atoms with E-state index < -0.39 is 0 Å². The second-order valence-corrected chi connectivity index (χ2v) is 5.78. The SMILES string of the molecule is CCCCCN(CCCCC)C(=O)Oc1ccc2c(c1)OCO2. The summed E-state index contributed by atoms with van der Waals surface area (Å²) in [5.74, 6) is 1.81. The molecule has 23 heavy (non-hydrogen) atoms. The second-order valence-electron chi connectivity index (χ2n) is 5.78. The Bertz CT molecular complexity index is 494. The fourth-order valence-corrected chi connectivity index (χ4v) is 2.51. The van der Waals surface area contributed by atoms with Gasteiger partial charge in [-0.2, -0.15) is 0 Å². The first-order valence-electron chi connectivity index (χ1n) is 8.61. The first kappa shape index (κ1) is 17.4. The zero-order valence-electron chi connectivity index (χ0n) is 14.2. The van der Waals surface area contributed by atoms with Crippen molar-refractivity contribution in [3.8, 4) is 17.2 Å². The largest absolute Gasteiger partial charge is 0.454 e. The normalized spacial score (nSPS) is 12.3. The number of amides is 1. The minimum atomic E-state index is -0.281. The van der Waals surface area contributed by atoms with Gasteiger partial charge < -0.3 is 19.1 Å². The molecule has 0 unspecified atom stereocenters. The molecule has 1 aromatic carbocycles. The molecule has 1 aliphatic rings. The van der Waals surface area contributed by atoms with Crippen LogP contribution >= 0.6 is 0 Å². The Labute approximate surface area is 138 Å². The van der Waals surface area contributed by atoms with Crippen LogP contribution in [0, 0.1) is 0 Å². The van der Waals surface area contributed by atoms with E-state index in [0.717, 1.165) is 51.6 Å². The van der Waals surface area contributed by atoms with Crippen LogP contribution in [0.1, 0.15) is 52.4 Å². The molecule has 0 aromatic heterocycles. The van der Waals surface area contributed by atoms with Gasteiger partial charge in [0.25, 0.3) is 0 Å². The number of fused-ring (bicyclic) bond motifs is 1. The Balaban J connectivity index is 1.92. The number of ether oxygens (including phenoxy) is 3. The topological polar surface area (TPSA) is 48.0 Å². The smallest absolute Gasteiger partial charge is 0.415 e. The number of hydrogen-bond donors (Lipinski definition) is 0. The number of carbonyl (C=O) groups excluding carboxylic acids is 1. The van der Waals surface area contributed by atoms with E-state index >= 15 is 0 Å². The molecular formula is C18H27NO4. The van der Waals surface area contributed by atoms with Crippen LogP contribution in [0.15, 0.2) is 18.2 Å². The highest BCUT2D eigenvalue weighted by molar-refractivity contribution is 5.71. The van der Waals surface area contributed by atoms with Gasteiger partial charge in [0.15, 0.2) is 11.5 Å².